The molecule has 0 radical (unpaired) electrons. The van der Waals surface area contributed by atoms with Crippen LogP contribution in [0.2, 0.25) is 0 Å². The molecule has 1 aromatic heterocycles. The van der Waals surface area contributed by atoms with Gasteiger partial charge in [-0.25, -0.2) is 0 Å². The van der Waals surface area contributed by atoms with Crippen LogP contribution in [0.5, 0.6) is 5.75 Å². The van der Waals surface area contributed by atoms with Crippen LogP contribution in [0.1, 0.15) is 26.5 Å². The molecule has 184 valence electrons. The number of carboxylic acid groups (broad SMARTS) is 1. The minimum Gasteiger partial charge on any atom is -0.481 e. The summed E-state index contributed by atoms with van der Waals surface area (Å²) in [6.45, 7) is 2.69. The lowest BCUT2D eigenvalue weighted by atomic mass is 9.98. The van der Waals surface area contributed by atoms with Crippen LogP contribution in [0.25, 0.3) is 10.9 Å². The second-order valence-corrected chi connectivity index (χ2v) is 7.61. The molecular weight excluding hydrogens is 454 g/mol. The number of carbonyl (C=O) groups is 4. The predicted octanol–water partition coefficient (Wildman–Crippen LogP) is 0.686. The number of aliphatic hydroxyl groups excluding tert-OH is 1. The first-order chi connectivity index (χ1) is 16.1. The Morgan fingerprint density at radius 3 is 2.12 bits per heavy atom. The number of fused-ring (bicyclic) bond motifs is 1. The average Bonchev–Trinajstić information content (AvgIpc) is 3.07. The highest BCUT2D eigenvalue weighted by Gasteiger charge is 2.53. The zero-order valence-corrected chi connectivity index (χ0v) is 18.7. The highest BCUT2D eigenvalue weighted by atomic mass is 16.7. The average molecular weight is 479 g/mol. The predicted molar refractivity (Wildman–Crippen MR) is 113 cm³/mol. The maximum atomic E-state index is 11.9. The Balaban J connectivity index is 2.06. The van der Waals surface area contributed by atoms with Crippen molar-refractivity contribution in [3.8, 4) is 5.75 Å². The molecular formula is C22H25NO11. The Morgan fingerprint density at radius 2 is 1.53 bits per heavy atom. The number of rotatable bonds is 8. The lowest BCUT2D eigenvalue weighted by Gasteiger charge is -2.43. The standard InChI is InChI=1S/C22H25NO11/c1-10(25)30-19-16(9-24)33-22(21(32-12(3)27)20(19)31-11(2)26)34-18-13-6-4-5-7-14(13)23-15(18)8-17(28)29/h4-7,16,19-24H,8-9H2,1-3H3,(H,28,29)/t16-,19-,20+,21-,22-/m1/s1. The number of aliphatic carboxylic acids is 1. The number of para-hydroxylation sites is 1. The zero-order chi connectivity index (χ0) is 25.0. The Hall–Kier alpha value is -3.64. The molecule has 12 heteroatoms. The van der Waals surface area contributed by atoms with E-state index in [-0.39, 0.29) is 11.4 Å². The number of hydrogen-bond donors (Lipinski definition) is 3. The van der Waals surface area contributed by atoms with Gasteiger partial charge in [0.05, 0.1) is 18.7 Å². The molecule has 0 unspecified atom stereocenters. The summed E-state index contributed by atoms with van der Waals surface area (Å²) in [6, 6.07) is 6.86. The fourth-order valence-corrected chi connectivity index (χ4v) is 3.80. The third kappa shape index (κ3) is 5.64. The van der Waals surface area contributed by atoms with Crippen molar-refractivity contribution in [3.05, 3.63) is 30.0 Å². The van der Waals surface area contributed by atoms with Crippen molar-refractivity contribution in [1.82, 2.24) is 4.98 Å². The first-order valence-electron chi connectivity index (χ1n) is 10.4. The largest absolute Gasteiger partial charge is 0.481 e. The van der Waals surface area contributed by atoms with Gasteiger partial charge in [0.15, 0.2) is 18.0 Å². The summed E-state index contributed by atoms with van der Waals surface area (Å²) in [6.07, 6.45) is -7.18. The van der Waals surface area contributed by atoms with Crippen LogP contribution in [0.15, 0.2) is 24.3 Å². The summed E-state index contributed by atoms with van der Waals surface area (Å²) >= 11 is 0. The Labute approximate surface area is 193 Å². The normalized spacial score (nSPS) is 24.3. The molecule has 3 N–H and O–H groups in total. The molecule has 5 atom stereocenters. The minimum absolute atomic E-state index is 0.115. The van der Waals surface area contributed by atoms with Crippen molar-refractivity contribution in [2.24, 2.45) is 0 Å². The number of carboxylic acids is 1. The molecule has 0 spiro atoms. The van der Waals surface area contributed by atoms with Gasteiger partial charge in [-0.2, -0.15) is 0 Å². The van der Waals surface area contributed by atoms with Crippen molar-refractivity contribution >= 4 is 34.8 Å². The van der Waals surface area contributed by atoms with Gasteiger partial charge in [0.2, 0.25) is 12.4 Å². The Bertz CT molecular complexity index is 1080. The summed E-state index contributed by atoms with van der Waals surface area (Å²) in [5.74, 6) is -3.29. The van der Waals surface area contributed by atoms with Crippen molar-refractivity contribution in [3.63, 3.8) is 0 Å². The Kier molecular flexibility index (Phi) is 7.74. The fourth-order valence-electron chi connectivity index (χ4n) is 3.80. The quantitative estimate of drug-likeness (QED) is 0.359. The van der Waals surface area contributed by atoms with E-state index in [0.717, 1.165) is 20.8 Å². The van der Waals surface area contributed by atoms with Gasteiger partial charge in [-0.05, 0) is 12.1 Å². The van der Waals surface area contributed by atoms with Crippen LogP contribution in [0, 0.1) is 0 Å². The van der Waals surface area contributed by atoms with Crippen LogP contribution in [0.3, 0.4) is 0 Å². The number of aromatic amines is 1. The van der Waals surface area contributed by atoms with E-state index in [4.69, 9.17) is 23.7 Å². The molecule has 0 aliphatic carbocycles. The molecule has 1 saturated heterocycles. The number of aliphatic hydroxyl groups is 1. The van der Waals surface area contributed by atoms with Crippen molar-refractivity contribution in [2.75, 3.05) is 6.61 Å². The highest BCUT2D eigenvalue weighted by molar-refractivity contribution is 5.89. The molecule has 0 saturated carbocycles. The molecule has 0 bridgehead atoms. The minimum atomic E-state index is -1.45. The zero-order valence-electron chi connectivity index (χ0n) is 18.7. The maximum Gasteiger partial charge on any atom is 0.309 e. The molecule has 1 aliphatic heterocycles. The van der Waals surface area contributed by atoms with E-state index in [2.05, 4.69) is 4.98 Å². The molecule has 2 heterocycles. The van der Waals surface area contributed by atoms with Crippen LogP contribution in [0.4, 0.5) is 0 Å². The van der Waals surface area contributed by atoms with Crippen molar-refractivity contribution < 1.29 is 53.1 Å². The number of carbonyl (C=O) groups excluding carboxylic acids is 3. The van der Waals surface area contributed by atoms with Gasteiger partial charge in [-0.15, -0.1) is 0 Å². The second kappa shape index (κ2) is 10.5. The number of aromatic nitrogens is 1. The summed E-state index contributed by atoms with van der Waals surface area (Å²) in [4.78, 5) is 49.7. The number of esters is 3. The van der Waals surface area contributed by atoms with E-state index >= 15 is 0 Å². The van der Waals surface area contributed by atoms with Crippen molar-refractivity contribution in [2.45, 2.75) is 57.9 Å². The number of ether oxygens (including phenoxy) is 5. The highest BCUT2D eigenvalue weighted by Crippen LogP contribution is 2.35. The lowest BCUT2D eigenvalue weighted by Crippen LogP contribution is -2.63. The number of benzene rings is 1. The van der Waals surface area contributed by atoms with Crippen LogP contribution >= 0.6 is 0 Å². The van der Waals surface area contributed by atoms with E-state index < -0.39 is 67.6 Å². The van der Waals surface area contributed by atoms with E-state index in [1.165, 1.54) is 0 Å². The molecule has 3 rings (SSSR count). The van der Waals surface area contributed by atoms with E-state index in [1.54, 1.807) is 24.3 Å². The molecule has 2 aromatic rings. The Morgan fingerprint density at radius 1 is 0.941 bits per heavy atom. The first kappa shape index (κ1) is 25.0. The van der Waals surface area contributed by atoms with Gasteiger partial charge in [-0.1, -0.05) is 12.1 Å². The first-order valence-corrected chi connectivity index (χ1v) is 10.4. The topological polar surface area (TPSA) is 171 Å². The second-order valence-electron chi connectivity index (χ2n) is 7.61. The molecule has 1 aliphatic rings. The van der Waals surface area contributed by atoms with Gasteiger partial charge >= 0.3 is 23.9 Å². The summed E-state index contributed by atoms with van der Waals surface area (Å²) < 4.78 is 27.7. The summed E-state index contributed by atoms with van der Waals surface area (Å²) in [7, 11) is 0. The number of nitrogens with one attached hydrogen (secondary N) is 1. The van der Waals surface area contributed by atoms with Crippen molar-refractivity contribution in [1.29, 1.82) is 0 Å². The van der Waals surface area contributed by atoms with Crippen LogP contribution in [-0.2, 0) is 44.5 Å². The summed E-state index contributed by atoms with van der Waals surface area (Å²) in [5, 5.41) is 19.7. The molecule has 12 nitrogen and oxygen atoms in total. The van der Waals surface area contributed by atoms with E-state index in [1.807, 2.05) is 0 Å². The molecule has 1 fully saturated rings. The number of hydrogen-bond acceptors (Lipinski definition) is 10. The van der Waals surface area contributed by atoms with Gasteiger partial charge in [0.25, 0.3) is 0 Å². The SMILES string of the molecule is CC(=O)O[C@@H]1[C@@H](OC(C)=O)[C@@H](Oc2c(CC(=O)O)[nH]c3ccccc23)O[C@H](CO)[C@H]1OC(C)=O. The van der Waals surface area contributed by atoms with Gasteiger partial charge < -0.3 is 38.9 Å². The maximum absolute atomic E-state index is 11.9. The van der Waals surface area contributed by atoms with Crippen LogP contribution in [-0.4, -0.2) is 76.4 Å². The van der Waals surface area contributed by atoms with Gasteiger partial charge in [0, 0.05) is 31.7 Å². The van der Waals surface area contributed by atoms with Crippen LogP contribution < -0.4 is 4.74 Å². The van der Waals surface area contributed by atoms with E-state index in [9.17, 15) is 29.4 Å². The third-order valence-corrected chi connectivity index (χ3v) is 4.97. The molecule has 34 heavy (non-hydrogen) atoms. The van der Waals surface area contributed by atoms with Gasteiger partial charge in [-0.3, -0.25) is 19.2 Å². The summed E-state index contributed by atoms with van der Waals surface area (Å²) in [5.41, 5.74) is 0.798. The third-order valence-electron chi connectivity index (χ3n) is 4.97. The van der Waals surface area contributed by atoms with E-state index in [0.29, 0.717) is 10.9 Å². The lowest BCUT2D eigenvalue weighted by molar-refractivity contribution is -0.287. The fraction of sp³-hybridized carbons (Fsp3) is 0.455. The smallest absolute Gasteiger partial charge is 0.309 e. The monoisotopic (exact) mass is 479 g/mol. The molecule has 1 aromatic carbocycles. The molecule has 0 amide bonds. The number of H-pyrrole nitrogens is 1. The van der Waals surface area contributed by atoms with Gasteiger partial charge in [0.1, 0.15) is 6.10 Å².